The lowest BCUT2D eigenvalue weighted by molar-refractivity contribution is 0.405. The van der Waals surface area contributed by atoms with Crippen molar-refractivity contribution in [3.05, 3.63) is 52.2 Å². The summed E-state index contributed by atoms with van der Waals surface area (Å²) in [6.07, 6.45) is 1.54. The number of pyridine rings is 1. The Morgan fingerprint density at radius 3 is 2.70 bits per heavy atom. The summed E-state index contributed by atoms with van der Waals surface area (Å²) in [6, 6.07) is 7.75. The second kappa shape index (κ2) is 6.11. The summed E-state index contributed by atoms with van der Waals surface area (Å²) in [4.78, 5) is 4.11. The van der Waals surface area contributed by atoms with Crippen molar-refractivity contribution in [1.82, 2.24) is 10.3 Å². The van der Waals surface area contributed by atoms with Gasteiger partial charge >= 0.3 is 0 Å². The zero-order valence-corrected chi connectivity index (χ0v) is 12.5. The molecule has 0 spiro atoms. The fourth-order valence-electron chi connectivity index (χ4n) is 2.23. The predicted molar refractivity (Wildman–Crippen MR) is 82.3 cm³/mol. The molecule has 1 atom stereocenters. The van der Waals surface area contributed by atoms with Crippen LogP contribution >= 0.6 is 11.6 Å². The van der Waals surface area contributed by atoms with Crippen molar-refractivity contribution in [2.75, 3.05) is 19.9 Å². The van der Waals surface area contributed by atoms with E-state index in [1.807, 2.05) is 38.2 Å². The monoisotopic (exact) mass is 291 g/mol. The van der Waals surface area contributed by atoms with Crippen molar-refractivity contribution in [1.29, 1.82) is 0 Å². The number of hydrogen-bond donors (Lipinski definition) is 2. The Morgan fingerprint density at radius 1 is 1.30 bits per heavy atom. The lowest BCUT2D eigenvalue weighted by Gasteiger charge is -2.21. The number of aromatic nitrogens is 1. The Balaban J connectivity index is 2.55. The molecule has 0 aliphatic rings. The van der Waals surface area contributed by atoms with E-state index in [0.29, 0.717) is 10.8 Å². The lowest BCUT2D eigenvalue weighted by atomic mass is 9.97. The minimum Gasteiger partial charge on any atom is -0.496 e. The van der Waals surface area contributed by atoms with Gasteiger partial charge in [0.25, 0.3) is 0 Å². The number of ether oxygens (including phenoxy) is 1. The smallest absolute Gasteiger partial charge is 0.128 e. The number of halogens is 1. The summed E-state index contributed by atoms with van der Waals surface area (Å²) in [5, 5.41) is 3.79. The average Bonchev–Trinajstić information content (AvgIpc) is 2.44. The van der Waals surface area contributed by atoms with E-state index in [-0.39, 0.29) is 6.04 Å². The Kier molecular flexibility index (Phi) is 4.47. The molecule has 2 aromatic rings. The van der Waals surface area contributed by atoms with Gasteiger partial charge in [-0.25, -0.2) is 4.98 Å². The van der Waals surface area contributed by atoms with Crippen LogP contribution < -0.4 is 15.8 Å². The lowest BCUT2D eigenvalue weighted by Crippen LogP contribution is -2.20. The van der Waals surface area contributed by atoms with Crippen LogP contribution in [-0.2, 0) is 0 Å². The van der Waals surface area contributed by atoms with Crippen LogP contribution in [-0.4, -0.2) is 19.1 Å². The van der Waals surface area contributed by atoms with Crippen LogP contribution in [0.1, 0.15) is 22.7 Å². The summed E-state index contributed by atoms with van der Waals surface area (Å²) in [5.41, 5.74) is 8.94. The van der Waals surface area contributed by atoms with Gasteiger partial charge in [-0.3, -0.25) is 0 Å². The molecule has 0 radical (unpaired) electrons. The maximum Gasteiger partial charge on any atom is 0.128 e. The molecule has 0 fully saturated rings. The average molecular weight is 292 g/mol. The van der Waals surface area contributed by atoms with Crippen LogP contribution in [0.4, 0.5) is 5.82 Å². The summed E-state index contributed by atoms with van der Waals surface area (Å²) in [6.45, 7) is 2.02. The largest absolute Gasteiger partial charge is 0.496 e. The Hall–Kier alpha value is -1.78. The van der Waals surface area contributed by atoms with E-state index in [1.165, 1.54) is 0 Å². The van der Waals surface area contributed by atoms with Gasteiger partial charge in [-0.2, -0.15) is 0 Å². The van der Waals surface area contributed by atoms with Gasteiger partial charge in [0.15, 0.2) is 0 Å². The van der Waals surface area contributed by atoms with Gasteiger partial charge in [0.1, 0.15) is 11.6 Å². The van der Waals surface area contributed by atoms with Crippen LogP contribution in [0.25, 0.3) is 0 Å². The molecule has 3 N–H and O–H groups in total. The van der Waals surface area contributed by atoms with Gasteiger partial charge in [0, 0.05) is 17.3 Å². The number of hydrogen-bond acceptors (Lipinski definition) is 4. The van der Waals surface area contributed by atoms with E-state index in [1.54, 1.807) is 13.3 Å². The van der Waals surface area contributed by atoms with Crippen molar-refractivity contribution in [2.24, 2.45) is 0 Å². The van der Waals surface area contributed by atoms with Crippen LogP contribution in [0, 0.1) is 6.92 Å². The number of nitrogens with two attached hydrogens (primary N) is 1. The van der Waals surface area contributed by atoms with E-state index in [9.17, 15) is 0 Å². The maximum atomic E-state index is 6.03. The topological polar surface area (TPSA) is 60.2 Å². The number of anilines is 1. The van der Waals surface area contributed by atoms with Crippen molar-refractivity contribution in [2.45, 2.75) is 13.0 Å². The number of rotatable bonds is 4. The van der Waals surface area contributed by atoms with Crippen LogP contribution in [0.5, 0.6) is 5.75 Å². The molecule has 5 heteroatoms. The van der Waals surface area contributed by atoms with E-state index in [4.69, 9.17) is 22.1 Å². The molecule has 1 unspecified atom stereocenters. The Morgan fingerprint density at radius 2 is 2.05 bits per heavy atom. The van der Waals surface area contributed by atoms with Crippen molar-refractivity contribution >= 4 is 17.4 Å². The van der Waals surface area contributed by atoms with Crippen molar-refractivity contribution < 1.29 is 4.74 Å². The summed E-state index contributed by atoms with van der Waals surface area (Å²) in [5.74, 6) is 1.26. The SMILES string of the molecule is CNC(c1ccc(C)cc1OC)c1cc(Cl)cnc1N. The van der Waals surface area contributed by atoms with E-state index in [0.717, 1.165) is 22.4 Å². The number of nitrogens with zero attached hydrogens (tertiary/aromatic N) is 1. The molecular weight excluding hydrogens is 274 g/mol. The first kappa shape index (κ1) is 14.6. The van der Waals surface area contributed by atoms with Crippen LogP contribution in [0.15, 0.2) is 30.5 Å². The molecule has 0 aliphatic heterocycles. The molecule has 4 nitrogen and oxygen atoms in total. The highest BCUT2D eigenvalue weighted by Crippen LogP contribution is 2.33. The van der Waals surface area contributed by atoms with Gasteiger partial charge in [-0.1, -0.05) is 23.7 Å². The fourth-order valence-corrected chi connectivity index (χ4v) is 2.40. The molecule has 0 aliphatic carbocycles. The number of nitrogen functional groups attached to an aromatic ring is 1. The number of methoxy groups -OCH3 is 1. The van der Waals surface area contributed by atoms with Crippen LogP contribution in [0.2, 0.25) is 5.02 Å². The summed E-state index contributed by atoms with van der Waals surface area (Å²) in [7, 11) is 3.52. The summed E-state index contributed by atoms with van der Waals surface area (Å²) >= 11 is 6.03. The normalized spacial score (nSPS) is 12.2. The van der Waals surface area contributed by atoms with Crippen LogP contribution in [0.3, 0.4) is 0 Å². The molecule has 2 rings (SSSR count). The Bertz CT molecular complexity index is 616. The highest BCUT2D eigenvalue weighted by molar-refractivity contribution is 6.30. The van der Waals surface area contributed by atoms with Crippen molar-refractivity contribution in [3.63, 3.8) is 0 Å². The maximum absolute atomic E-state index is 6.03. The quantitative estimate of drug-likeness (QED) is 0.909. The molecule has 0 saturated heterocycles. The first-order chi connectivity index (χ1) is 9.56. The van der Waals surface area contributed by atoms with E-state index >= 15 is 0 Å². The van der Waals surface area contributed by atoms with Gasteiger partial charge in [-0.15, -0.1) is 0 Å². The molecule has 0 bridgehead atoms. The molecule has 1 aromatic carbocycles. The standard InChI is InChI=1S/C15H18ClN3O/c1-9-4-5-11(13(6-9)20-3)14(18-2)12-7-10(16)8-19-15(12)17/h4-8,14,18H,1-3H3,(H2,17,19). The Labute approximate surface area is 123 Å². The molecular formula is C15H18ClN3O. The number of nitrogens with one attached hydrogen (secondary N) is 1. The van der Waals surface area contributed by atoms with Gasteiger partial charge < -0.3 is 15.8 Å². The van der Waals surface area contributed by atoms with E-state index < -0.39 is 0 Å². The third-order valence-electron chi connectivity index (χ3n) is 3.22. The zero-order valence-electron chi connectivity index (χ0n) is 11.8. The number of aryl methyl sites for hydroxylation is 1. The number of benzene rings is 1. The minimum absolute atomic E-state index is 0.128. The first-order valence-corrected chi connectivity index (χ1v) is 6.67. The van der Waals surface area contributed by atoms with Crippen molar-refractivity contribution in [3.8, 4) is 5.75 Å². The third kappa shape index (κ3) is 2.86. The third-order valence-corrected chi connectivity index (χ3v) is 3.42. The highest BCUT2D eigenvalue weighted by Gasteiger charge is 2.19. The predicted octanol–water partition coefficient (Wildman–Crippen LogP) is 2.94. The van der Waals surface area contributed by atoms with E-state index in [2.05, 4.69) is 10.3 Å². The van der Waals surface area contributed by atoms with Gasteiger partial charge in [0.2, 0.25) is 0 Å². The highest BCUT2D eigenvalue weighted by atomic mass is 35.5. The molecule has 20 heavy (non-hydrogen) atoms. The van der Waals surface area contributed by atoms with Gasteiger partial charge in [0.05, 0.1) is 18.2 Å². The fraction of sp³-hybridized carbons (Fsp3) is 0.267. The molecule has 106 valence electrons. The molecule has 1 heterocycles. The first-order valence-electron chi connectivity index (χ1n) is 6.29. The van der Waals surface area contributed by atoms with Gasteiger partial charge in [-0.05, 0) is 31.7 Å². The molecule has 0 amide bonds. The molecule has 0 saturated carbocycles. The minimum atomic E-state index is -0.128. The zero-order chi connectivity index (χ0) is 14.7. The molecule has 1 aromatic heterocycles. The second-order valence-corrected chi connectivity index (χ2v) is 5.03. The second-order valence-electron chi connectivity index (χ2n) is 4.60. The summed E-state index contributed by atoms with van der Waals surface area (Å²) < 4.78 is 5.47.